The van der Waals surface area contributed by atoms with Gasteiger partial charge in [0.25, 0.3) is 5.91 Å². The maximum absolute atomic E-state index is 13.8. The molecule has 0 bridgehead atoms. The lowest BCUT2D eigenvalue weighted by Crippen LogP contribution is -2.35. The van der Waals surface area contributed by atoms with Crippen molar-refractivity contribution in [3.8, 4) is 5.69 Å². The topological polar surface area (TPSA) is 41.4 Å². The Hall–Kier alpha value is -2.56. The van der Waals surface area contributed by atoms with Gasteiger partial charge in [-0.2, -0.15) is 31.4 Å². The molecule has 0 radical (unpaired) electrons. The maximum Gasteiger partial charge on any atom is 0.434 e. The average molecular weight is 420 g/mol. The normalized spacial score (nSPS) is 16.7. The minimum Gasteiger partial charge on any atom is -0.337 e. The second-order valence-corrected chi connectivity index (χ2v) is 6.81. The maximum atomic E-state index is 13.8. The van der Waals surface area contributed by atoms with Gasteiger partial charge in [-0.25, -0.2) is 4.68 Å². The van der Waals surface area contributed by atoms with Gasteiger partial charge in [-0.3, -0.25) is 4.79 Å². The Bertz CT molecular complexity index is 889. The predicted molar refractivity (Wildman–Crippen MR) is 91.6 cm³/mol. The molecule has 1 aromatic carbocycles. The highest BCUT2D eigenvalue weighted by Gasteiger charge is 2.42. The fourth-order valence-electron chi connectivity index (χ4n) is 3.21. The van der Waals surface area contributed by atoms with Crippen LogP contribution in [-0.2, 0) is 12.4 Å². The zero-order valence-electron chi connectivity index (χ0n) is 15.4. The van der Waals surface area contributed by atoms with Crippen molar-refractivity contribution in [3.05, 3.63) is 47.3 Å². The van der Waals surface area contributed by atoms with E-state index in [1.165, 1.54) is 4.90 Å². The van der Waals surface area contributed by atoms with Crippen LogP contribution in [0.15, 0.2) is 30.5 Å². The van der Waals surface area contributed by atoms with Gasteiger partial charge in [-0.1, -0.05) is 6.07 Å². The number of carbonyl (C=O) groups excluding carboxylic acids is 1. The minimum atomic E-state index is -4.99. The van der Waals surface area contributed by atoms with Crippen LogP contribution in [0.5, 0.6) is 0 Å². The molecular formula is C18H18F6N4O. The zero-order valence-corrected chi connectivity index (χ0v) is 15.4. The summed E-state index contributed by atoms with van der Waals surface area (Å²) in [4.78, 5) is 16.0. The molecule has 3 rings (SSSR count). The van der Waals surface area contributed by atoms with Crippen molar-refractivity contribution >= 4 is 5.91 Å². The molecule has 0 aliphatic carbocycles. The first-order valence-electron chi connectivity index (χ1n) is 8.79. The van der Waals surface area contributed by atoms with Gasteiger partial charge in [0.2, 0.25) is 0 Å². The third-order valence-corrected chi connectivity index (χ3v) is 4.69. The van der Waals surface area contributed by atoms with Crippen LogP contribution in [0.2, 0.25) is 0 Å². The molecule has 2 aromatic rings. The van der Waals surface area contributed by atoms with Gasteiger partial charge in [0, 0.05) is 19.6 Å². The number of hydrogen-bond acceptors (Lipinski definition) is 3. The van der Waals surface area contributed by atoms with Crippen molar-refractivity contribution in [2.75, 3.05) is 33.2 Å². The van der Waals surface area contributed by atoms with Crippen LogP contribution in [0.25, 0.3) is 5.69 Å². The highest BCUT2D eigenvalue weighted by molar-refractivity contribution is 5.95. The van der Waals surface area contributed by atoms with Gasteiger partial charge in [0.1, 0.15) is 0 Å². The van der Waals surface area contributed by atoms with E-state index in [4.69, 9.17) is 0 Å². The number of halogens is 6. The lowest BCUT2D eigenvalue weighted by Gasteiger charge is -2.21. The Morgan fingerprint density at radius 1 is 1.00 bits per heavy atom. The van der Waals surface area contributed by atoms with Crippen molar-refractivity contribution in [1.29, 1.82) is 0 Å². The second-order valence-electron chi connectivity index (χ2n) is 6.81. The van der Waals surface area contributed by atoms with E-state index in [1.807, 2.05) is 11.9 Å². The summed E-state index contributed by atoms with van der Waals surface area (Å²) in [7, 11) is 1.85. The molecule has 1 saturated heterocycles. The van der Waals surface area contributed by atoms with Crippen molar-refractivity contribution < 1.29 is 31.1 Å². The van der Waals surface area contributed by atoms with E-state index >= 15 is 0 Å². The molecule has 2 heterocycles. The van der Waals surface area contributed by atoms with Crippen LogP contribution >= 0.6 is 0 Å². The fraction of sp³-hybridized carbons (Fsp3) is 0.444. The first-order chi connectivity index (χ1) is 13.5. The molecule has 0 spiro atoms. The minimum absolute atomic E-state index is 0.251. The Kier molecular flexibility index (Phi) is 5.61. The largest absolute Gasteiger partial charge is 0.434 e. The van der Waals surface area contributed by atoms with Gasteiger partial charge in [0.15, 0.2) is 5.69 Å². The smallest absolute Gasteiger partial charge is 0.337 e. The summed E-state index contributed by atoms with van der Waals surface area (Å²) < 4.78 is 80.5. The monoisotopic (exact) mass is 420 g/mol. The number of benzene rings is 1. The SMILES string of the molecule is CN1CCCN(C(=O)c2cnn(-c3cccc(C(F)(F)F)c3)c2C(F)(F)F)CC1. The zero-order chi connectivity index (χ0) is 21.4. The van der Waals surface area contributed by atoms with Crippen LogP contribution in [0.3, 0.4) is 0 Å². The highest BCUT2D eigenvalue weighted by Crippen LogP contribution is 2.36. The van der Waals surface area contributed by atoms with Gasteiger partial charge < -0.3 is 9.80 Å². The van der Waals surface area contributed by atoms with Crippen molar-refractivity contribution in [2.24, 2.45) is 0 Å². The first-order valence-corrected chi connectivity index (χ1v) is 8.79. The number of rotatable bonds is 2. The fourth-order valence-corrected chi connectivity index (χ4v) is 3.21. The molecule has 0 saturated carbocycles. The molecule has 0 unspecified atom stereocenters. The van der Waals surface area contributed by atoms with Crippen molar-refractivity contribution in [2.45, 2.75) is 18.8 Å². The van der Waals surface area contributed by atoms with Crippen LogP contribution in [0.4, 0.5) is 26.3 Å². The van der Waals surface area contributed by atoms with E-state index in [1.54, 1.807) is 0 Å². The van der Waals surface area contributed by atoms with E-state index in [-0.39, 0.29) is 13.1 Å². The molecule has 1 aliphatic rings. The summed E-state index contributed by atoms with van der Waals surface area (Å²) in [5.74, 6) is -0.842. The number of aromatic nitrogens is 2. The van der Waals surface area contributed by atoms with E-state index in [0.29, 0.717) is 30.3 Å². The predicted octanol–water partition coefficient (Wildman–Crippen LogP) is 3.69. The molecule has 1 amide bonds. The molecule has 158 valence electrons. The number of alkyl halides is 6. The molecule has 0 atom stereocenters. The van der Waals surface area contributed by atoms with E-state index < -0.39 is 40.8 Å². The number of likely N-dealkylation sites (N-methyl/N-ethyl adjacent to an activating group) is 1. The van der Waals surface area contributed by atoms with Crippen LogP contribution in [-0.4, -0.2) is 58.7 Å². The van der Waals surface area contributed by atoms with Crippen molar-refractivity contribution in [3.63, 3.8) is 0 Å². The van der Waals surface area contributed by atoms with E-state index in [0.717, 1.165) is 24.4 Å². The van der Waals surface area contributed by atoms with E-state index in [9.17, 15) is 31.1 Å². The Labute approximate surface area is 162 Å². The van der Waals surface area contributed by atoms with Gasteiger partial charge >= 0.3 is 12.4 Å². The standard InChI is InChI=1S/C18H18F6N4O/c1-26-6-3-7-27(9-8-26)16(29)14-11-25-28(15(14)18(22,23)24)13-5-2-4-12(10-13)17(19,20)21/h2,4-5,10-11H,3,6-9H2,1H3. The first kappa shape index (κ1) is 21.2. The number of hydrogen-bond donors (Lipinski definition) is 0. The summed E-state index contributed by atoms with van der Waals surface area (Å²) in [6, 6.07) is 3.39. The lowest BCUT2D eigenvalue weighted by atomic mass is 10.1. The Morgan fingerprint density at radius 3 is 2.38 bits per heavy atom. The average Bonchev–Trinajstić information content (AvgIpc) is 2.98. The van der Waals surface area contributed by atoms with Crippen LogP contribution < -0.4 is 0 Å². The molecular weight excluding hydrogens is 402 g/mol. The Balaban J connectivity index is 2.04. The van der Waals surface area contributed by atoms with E-state index in [2.05, 4.69) is 5.10 Å². The molecule has 0 N–H and O–H groups in total. The van der Waals surface area contributed by atoms with Crippen LogP contribution in [0, 0.1) is 0 Å². The number of carbonyl (C=O) groups is 1. The highest BCUT2D eigenvalue weighted by atomic mass is 19.4. The molecule has 1 aliphatic heterocycles. The number of nitrogens with zero attached hydrogens (tertiary/aromatic N) is 4. The van der Waals surface area contributed by atoms with Gasteiger partial charge in [0.05, 0.1) is 23.0 Å². The van der Waals surface area contributed by atoms with Crippen LogP contribution in [0.1, 0.15) is 28.0 Å². The molecule has 5 nitrogen and oxygen atoms in total. The summed E-state index contributed by atoms with van der Waals surface area (Å²) in [6.45, 7) is 1.75. The molecule has 11 heteroatoms. The third kappa shape index (κ3) is 4.55. The Morgan fingerprint density at radius 2 is 1.72 bits per heavy atom. The lowest BCUT2D eigenvalue weighted by molar-refractivity contribution is -0.143. The van der Waals surface area contributed by atoms with Gasteiger partial charge in [-0.15, -0.1) is 0 Å². The second kappa shape index (κ2) is 7.69. The summed E-state index contributed by atoms with van der Waals surface area (Å²) in [5, 5.41) is 3.60. The molecule has 1 aromatic heterocycles. The summed E-state index contributed by atoms with van der Waals surface area (Å²) in [5.41, 5.74) is -3.61. The van der Waals surface area contributed by atoms with Gasteiger partial charge in [-0.05, 0) is 38.2 Å². The quantitative estimate of drug-likeness (QED) is 0.696. The number of amides is 1. The summed E-state index contributed by atoms with van der Waals surface area (Å²) in [6.07, 6.45) is -8.35. The third-order valence-electron chi connectivity index (χ3n) is 4.69. The molecule has 1 fully saturated rings. The summed E-state index contributed by atoms with van der Waals surface area (Å²) >= 11 is 0. The van der Waals surface area contributed by atoms with Crippen molar-refractivity contribution in [1.82, 2.24) is 19.6 Å². The molecule has 29 heavy (non-hydrogen) atoms.